The smallest absolute Gasteiger partial charge is 0.332 e. The second-order valence-electron chi connectivity index (χ2n) is 3.76. The average molecular weight is 285 g/mol. The molecule has 10 heteroatoms. The summed E-state index contributed by atoms with van der Waals surface area (Å²) >= 11 is 0. The van der Waals surface area contributed by atoms with Gasteiger partial charge in [-0.25, -0.2) is 4.79 Å². The molecule has 1 rings (SSSR count). The predicted octanol–water partition coefficient (Wildman–Crippen LogP) is -1.15. The van der Waals surface area contributed by atoms with Crippen LogP contribution in [0.5, 0.6) is 0 Å². The monoisotopic (exact) mass is 285 g/mol. The van der Waals surface area contributed by atoms with Crippen molar-refractivity contribution >= 4 is 17.6 Å². The Morgan fingerprint density at radius 1 is 1.50 bits per heavy atom. The summed E-state index contributed by atoms with van der Waals surface area (Å²) in [4.78, 5) is 45.1. The van der Waals surface area contributed by atoms with Crippen LogP contribution in [0.3, 0.4) is 0 Å². The zero-order valence-corrected chi connectivity index (χ0v) is 10.0. The standard InChI is InChI=1S/C10H11N3O7/c14-7(10(17)18)1-2-11-8(15)6-3-5(13(19)20)4-12-9(6)16/h3-4,7,14H,1-2H2,(H,11,15)(H,12,16)(H,17,18)/t7-/m0/s1. The molecule has 0 spiro atoms. The number of nitrogens with one attached hydrogen (secondary N) is 2. The number of pyridine rings is 1. The number of nitro groups is 1. The maximum Gasteiger partial charge on any atom is 0.332 e. The van der Waals surface area contributed by atoms with E-state index in [0.717, 1.165) is 12.3 Å². The van der Waals surface area contributed by atoms with Gasteiger partial charge >= 0.3 is 5.97 Å². The molecule has 1 aromatic heterocycles. The summed E-state index contributed by atoms with van der Waals surface area (Å²) in [5, 5.41) is 30.1. The number of aromatic nitrogens is 1. The Labute approximate surface area is 111 Å². The lowest BCUT2D eigenvalue weighted by Crippen LogP contribution is -2.33. The summed E-state index contributed by atoms with van der Waals surface area (Å²) in [5.41, 5.74) is -1.74. The van der Waals surface area contributed by atoms with Crippen molar-refractivity contribution in [1.29, 1.82) is 0 Å². The van der Waals surface area contributed by atoms with Crippen molar-refractivity contribution in [3.63, 3.8) is 0 Å². The van der Waals surface area contributed by atoms with Gasteiger partial charge in [0.2, 0.25) is 0 Å². The van der Waals surface area contributed by atoms with Crippen molar-refractivity contribution in [3.8, 4) is 0 Å². The normalized spacial score (nSPS) is 11.7. The van der Waals surface area contributed by atoms with E-state index in [2.05, 4.69) is 5.32 Å². The van der Waals surface area contributed by atoms with Gasteiger partial charge in [0.05, 0.1) is 11.1 Å². The number of hydrogen-bond donors (Lipinski definition) is 4. The second kappa shape index (κ2) is 6.43. The number of H-pyrrole nitrogens is 1. The largest absolute Gasteiger partial charge is 0.479 e. The van der Waals surface area contributed by atoms with Crippen molar-refractivity contribution in [2.45, 2.75) is 12.5 Å². The van der Waals surface area contributed by atoms with Gasteiger partial charge in [-0.2, -0.15) is 0 Å². The number of aliphatic hydroxyl groups excluding tert-OH is 1. The Balaban J connectivity index is 2.73. The zero-order valence-electron chi connectivity index (χ0n) is 10.0. The first-order valence-corrected chi connectivity index (χ1v) is 5.39. The van der Waals surface area contributed by atoms with E-state index in [4.69, 9.17) is 10.2 Å². The van der Waals surface area contributed by atoms with Gasteiger partial charge in [-0.1, -0.05) is 0 Å². The first-order valence-electron chi connectivity index (χ1n) is 5.39. The van der Waals surface area contributed by atoms with Gasteiger partial charge in [0.25, 0.3) is 17.2 Å². The highest BCUT2D eigenvalue weighted by Crippen LogP contribution is 2.07. The van der Waals surface area contributed by atoms with Crippen LogP contribution in [0.2, 0.25) is 0 Å². The molecule has 1 atom stereocenters. The van der Waals surface area contributed by atoms with E-state index in [1.54, 1.807) is 0 Å². The van der Waals surface area contributed by atoms with E-state index in [-0.39, 0.29) is 13.0 Å². The topological polar surface area (TPSA) is 163 Å². The van der Waals surface area contributed by atoms with Gasteiger partial charge in [0.15, 0.2) is 6.10 Å². The predicted molar refractivity (Wildman–Crippen MR) is 64.3 cm³/mol. The van der Waals surface area contributed by atoms with Gasteiger partial charge in [0, 0.05) is 19.0 Å². The quantitative estimate of drug-likeness (QED) is 0.378. The molecule has 0 radical (unpaired) electrons. The van der Waals surface area contributed by atoms with Crippen LogP contribution in [0.4, 0.5) is 5.69 Å². The maximum atomic E-state index is 11.6. The molecule has 10 nitrogen and oxygen atoms in total. The molecule has 1 amide bonds. The van der Waals surface area contributed by atoms with E-state index < -0.39 is 39.7 Å². The molecule has 0 bridgehead atoms. The number of carboxylic acids is 1. The fraction of sp³-hybridized carbons (Fsp3) is 0.300. The molecular formula is C10H11N3O7. The minimum absolute atomic E-state index is 0.200. The lowest BCUT2D eigenvalue weighted by atomic mass is 10.2. The number of rotatable bonds is 6. The lowest BCUT2D eigenvalue weighted by Gasteiger charge is -2.06. The summed E-state index contributed by atoms with van der Waals surface area (Å²) < 4.78 is 0. The molecule has 0 fully saturated rings. The van der Waals surface area contributed by atoms with E-state index in [9.17, 15) is 24.5 Å². The van der Waals surface area contributed by atoms with Crippen molar-refractivity contribution in [2.75, 3.05) is 6.54 Å². The molecule has 0 saturated carbocycles. The van der Waals surface area contributed by atoms with Crippen LogP contribution in [-0.4, -0.2) is 44.6 Å². The van der Waals surface area contributed by atoms with Crippen LogP contribution in [0.1, 0.15) is 16.8 Å². The van der Waals surface area contributed by atoms with E-state index in [0.29, 0.717) is 0 Å². The lowest BCUT2D eigenvalue weighted by molar-refractivity contribution is -0.385. The van der Waals surface area contributed by atoms with Crippen LogP contribution < -0.4 is 10.9 Å². The summed E-state index contributed by atoms with van der Waals surface area (Å²) in [6.07, 6.45) is -1.04. The van der Waals surface area contributed by atoms with Gasteiger partial charge in [0.1, 0.15) is 5.56 Å². The number of amides is 1. The molecule has 20 heavy (non-hydrogen) atoms. The Kier molecular flexibility index (Phi) is 4.92. The number of aliphatic hydroxyl groups is 1. The summed E-state index contributed by atoms with van der Waals surface area (Å²) in [7, 11) is 0. The second-order valence-corrected chi connectivity index (χ2v) is 3.76. The van der Waals surface area contributed by atoms with Gasteiger partial charge in [-0.15, -0.1) is 0 Å². The van der Waals surface area contributed by atoms with Gasteiger partial charge in [-0.3, -0.25) is 19.7 Å². The third kappa shape index (κ3) is 3.88. The molecule has 0 aliphatic carbocycles. The van der Waals surface area contributed by atoms with Gasteiger partial charge < -0.3 is 20.5 Å². The molecule has 1 heterocycles. The number of carbonyl (C=O) groups excluding carboxylic acids is 1. The van der Waals surface area contributed by atoms with E-state index in [1.165, 1.54) is 0 Å². The van der Waals surface area contributed by atoms with Gasteiger partial charge in [-0.05, 0) is 0 Å². The van der Waals surface area contributed by atoms with Crippen molar-refractivity contribution in [1.82, 2.24) is 10.3 Å². The molecule has 1 aromatic rings. The fourth-order valence-corrected chi connectivity index (χ4v) is 1.29. The van der Waals surface area contributed by atoms with Crippen LogP contribution in [-0.2, 0) is 4.79 Å². The Hall–Kier alpha value is -2.75. The van der Waals surface area contributed by atoms with Crippen LogP contribution in [0, 0.1) is 10.1 Å². The molecule has 0 aliphatic rings. The highest BCUT2D eigenvalue weighted by atomic mass is 16.6. The number of nitrogens with zero attached hydrogens (tertiary/aromatic N) is 1. The number of hydrogen-bond acceptors (Lipinski definition) is 6. The molecule has 0 unspecified atom stereocenters. The maximum absolute atomic E-state index is 11.6. The van der Waals surface area contributed by atoms with E-state index in [1.807, 2.05) is 4.98 Å². The van der Waals surface area contributed by atoms with Crippen molar-refractivity contribution < 1.29 is 24.7 Å². The number of aromatic amines is 1. The molecule has 108 valence electrons. The average Bonchev–Trinajstić information content (AvgIpc) is 2.38. The molecule has 0 saturated heterocycles. The molecule has 0 aliphatic heterocycles. The number of aliphatic carboxylic acids is 1. The van der Waals surface area contributed by atoms with Crippen LogP contribution in [0.25, 0.3) is 0 Å². The molecular weight excluding hydrogens is 274 g/mol. The van der Waals surface area contributed by atoms with Crippen LogP contribution in [0.15, 0.2) is 17.1 Å². The minimum Gasteiger partial charge on any atom is -0.479 e. The highest BCUT2D eigenvalue weighted by molar-refractivity contribution is 5.94. The first kappa shape index (κ1) is 15.3. The van der Waals surface area contributed by atoms with Crippen LogP contribution >= 0.6 is 0 Å². The summed E-state index contributed by atoms with van der Waals surface area (Å²) in [6.45, 7) is -0.200. The van der Waals surface area contributed by atoms with Crippen molar-refractivity contribution in [3.05, 3.63) is 38.3 Å². The van der Waals surface area contributed by atoms with Crippen molar-refractivity contribution in [2.24, 2.45) is 0 Å². The third-order valence-corrected chi connectivity index (χ3v) is 2.33. The summed E-state index contributed by atoms with van der Waals surface area (Å²) in [5.74, 6) is -2.33. The molecule has 4 N–H and O–H groups in total. The van der Waals surface area contributed by atoms with E-state index >= 15 is 0 Å². The third-order valence-electron chi connectivity index (χ3n) is 2.33. The Morgan fingerprint density at radius 3 is 2.70 bits per heavy atom. The summed E-state index contributed by atoms with van der Waals surface area (Å²) in [6, 6.07) is 0.807. The first-order chi connectivity index (χ1) is 9.32. The minimum atomic E-state index is -1.64. The Bertz CT molecular complexity index is 595. The zero-order chi connectivity index (χ0) is 15.3. The Morgan fingerprint density at radius 2 is 2.15 bits per heavy atom. The fourth-order valence-electron chi connectivity index (χ4n) is 1.29. The SMILES string of the molecule is O=C(NCC[C@H](O)C(=O)O)c1cc([N+](=O)[O-])c[nH]c1=O. The number of carboxylic acid groups (broad SMARTS) is 1. The molecule has 0 aromatic carbocycles. The highest BCUT2D eigenvalue weighted by Gasteiger charge is 2.17. The number of carbonyl (C=O) groups is 2.